The molecule has 0 radical (unpaired) electrons. The van der Waals surface area contributed by atoms with Crippen LogP contribution in [-0.4, -0.2) is 26.8 Å². The molecule has 0 saturated heterocycles. The Morgan fingerprint density at radius 2 is 1.69 bits per heavy atom. The first kappa shape index (κ1) is 23.8. The minimum atomic E-state index is -1.10. The number of carbonyl (C=O) groups excluding carboxylic acids is 1. The second kappa shape index (κ2) is 10.3. The van der Waals surface area contributed by atoms with Crippen LogP contribution in [0, 0.1) is 0 Å². The summed E-state index contributed by atoms with van der Waals surface area (Å²) in [4.78, 5) is 37.2. The van der Waals surface area contributed by atoms with Gasteiger partial charge in [0, 0.05) is 11.2 Å². The lowest BCUT2D eigenvalue weighted by atomic mass is 10.00. The monoisotopic (exact) mass is 491 g/mol. The molecule has 2 amide bonds. The summed E-state index contributed by atoms with van der Waals surface area (Å²) in [6.45, 7) is 0.133. The van der Waals surface area contributed by atoms with Gasteiger partial charge in [0.2, 0.25) is 0 Å². The van der Waals surface area contributed by atoms with Crippen molar-refractivity contribution in [1.29, 1.82) is 0 Å². The molecule has 0 unspecified atom stereocenters. The van der Waals surface area contributed by atoms with Crippen LogP contribution in [0.15, 0.2) is 83.8 Å². The molecule has 4 rings (SSSR count). The van der Waals surface area contributed by atoms with Crippen LogP contribution in [0.3, 0.4) is 0 Å². The fourth-order valence-electron chi connectivity index (χ4n) is 3.78. The van der Waals surface area contributed by atoms with E-state index in [1.54, 1.807) is 36.4 Å². The smallest absolute Gasteiger partial charge is 0.319 e. The Bertz CT molecular complexity index is 1470. The molecular formula is C26H22ClN3O5. The molecule has 0 saturated carbocycles. The number of rotatable bonds is 7. The number of hydrogen-bond donors (Lipinski definition) is 4. The average molecular weight is 492 g/mol. The van der Waals surface area contributed by atoms with Crippen molar-refractivity contribution in [1.82, 2.24) is 9.88 Å². The highest BCUT2D eigenvalue weighted by Gasteiger charge is 2.20. The van der Waals surface area contributed by atoms with Crippen molar-refractivity contribution in [3.05, 3.63) is 105 Å². The lowest BCUT2D eigenvalue weighted by molar-refractivity contribution is -0.137. The third kappa shape index (κ3) is 5.62. The number of amides is 2. The van der Waals surface area contributed by atoms with Crippen molar-refractivity contribution >= 4 is 40.1 Å². The molecule has 0 bridgehead atoms. The molecule has 0 fully saturated rings. The number of aromatic nitrogens is 1. The molecule has 0 aliphatic rings. The van der Waals surface area contributed by atoms with Gasteiger partial charge in [0.25, 0.3) is 5.56 Å². The van der Waals surface area contributed by atoms with E-state index < -0.39 is 29.4 Å². The van der Waals surface area contributed by atoms with Gasteiger partial charge in [0.05, 0.1) is 19.0 Å². The molecule has 1 heterocycles. The Morgan fingerprint density at radius 3 is 2.43 bits per heavy atom. The zero-order valence-corrected chi connectivity index (χ0v) is 19.2. The van der Waals surface area contributed by atoms with E-state index in [1.165, 1.54) is 16.8 Å². The van der Waals surface area contributed by atoms with Crippen LogP contribution in [0.1, 0.15) is 23.6 Å². The normalized spacial score (nSPS) is 11.7. The highest BCUT2D eigenvalue weighted by molar-refractivity contribution is 6.31. The van der Waals surface area contributed by atoms with E-state index in [9.17, 15) is 24.6 Å². The predicted molar refractivity (Wildman–Crippen MR) is 134 cm³/mol. The minimum absolute atomic E-state index is 0.133. The summed E-state index contributed by atoms with van der Waals surface area (Å²) in [6.07, 6.45) is 1.02. The second-order valence-corrected chi connectivity index (χ2v) is 8.36. The third-order valence-electron chi connectivity index (χ3n) is 5.54. The maximum absolute atomic E-state index is 12.9. The zero-order chi connectivity index (χ0) is 24.9. The number of aromatic hydroxyl groups is 1. The molecule has 178 valence electrons. The summed E-state index contributed by atoms with van der Waals surface area (Å²) >= 11 is 6.18. The van der Waals surface area contributed by atoms with Crippen LogP contribution < -0.4 is 16.2 Å². The van der Waals surface area contributed by atoms with Crippen LogP contribution >= 0.6 is 11.6 Å². The number of carbonyl (C=O) groups is 2. The van der Waals surface area contributed by atoms with E-state index in [-0.39, 0.29) is 18.7 Å². The predicted octanol–water partition coefficient (Wildman–Crippen LogP) is 4.75. The summed E-state index contributed by atoms with van der Waals surface area (Å²) < 4.78 is 1.30. The average Bonchev–Trinajstić information content (AvgIpc) is 2.84. The molecule has 35 heavy (non-hydrogen) atoms. The summed E-state index contributed by atoms with van der Waals surface area (Å²) in [5, 5.41) is 26.9. The minimum Gasteiger partial charge on any atom is -0.505 e. The van der Waals surface area contributed by atoms with Crippen LogP contribution in [0.5, 0.6) is 5.75 Å². The van der Waals surface area contributed by atoms with Gasteiger partial charge in [-0.3, -0.25) is 9.59 Å². The van der Waals surface area contributed by atoms with E-state index in [0.717, 1.165) is 10.8 Å². The lowest BCUT2D eigenvalue weighted by Gasteiger charge is -2.19. The van der Waals surface area contributed by atoms with Gasteiger partial charge in [-0.1, -0.05) is 66.2 Å². The highest BCUT2D eigenvalue weighted by Crippen LogP contribution is 2.24. The lowest BCUT2D eigenvalue weighted by Crippen LogP contribution is -2.36. The number of anilines is 1. The fraction of sp³-hybridized carbons (Fsp3) is 0.115. The molecule has 0 aliphatic carbocycles. The molecule has 1 atom stereocenters. The largest absolute Gasteiger partial charge is 0.505 e. The van der Waals surface area contributed by atoms with E-state index in [1.807, 2.05) is 30.3 Å². The number of carboxylic acids is 1. The molecule has 4 aromatic rings. The molecule has 3 aromatic carbocycles. The number of fused-ring (bicyclic) bond motifs is 1. The quantitative estimate of drug-likeness (QED) is 0.297. The summed E-state index contributed by atoms with van der Waals surface area (Å²) in [6, 6.07) is 19.6. The van der Waals surface area contributed by atoms with Crippen molar-refractivity contribution in [3.63, 3.8) is 0 Å². The van der Waals surface area contributed by atoms with Gasteiger partial charge < -0.3 is 25.4 Å². The van der Waals surface area contributed by atoms with Crippen molar-refractivity contribution in [2.24, 2.45) is 0 Å². The SMILES string of the molecule is O=C(O)C[C@H](NC(=O)Nc1c(O)ccn(Cc2ccccc2Cl)c1=O)c1ccc2ccccc2c1. The number of nitrogens with one attached hydrogen (secondary N) is 2. The maximum atomic E-state index is 12.9. The Morgan fingerprint density at radius 1 is 0.971 bits per heavy atom. The number of pyridine rings is 1. The number of benzene rings is 3. The van der Waals surface area contributed by atoms with Gasteiger partial charge in [-0.15, -0.1) is 0 Å². The van der Waals surface area contributed by atoms with Crippen molar-refractivity contribution in [3.8, 4) is 5.75 Å². The Labute approximate surface area is 205 Å². The molecular weight excluding hydrogens is 470 g/mol. The van der Waals surface area contributed by atoms with Gasteiger partial charge in [-0.2, -0.15) is 0 Å². The number of aliphatic carboxylic acids is 1. The first-order valence-corrected chi connectivity index (χ1v) is 11.1. The van der Waals surface area contributed by atoms with Gasteiger partial charge in [-0.05, 0) is 40.1 Å². The third-order valence-corrected chi connectivity index (χ3v) is 5.91. The Hall–Kier alpha value is -4.30. The number of urea groups is 1. The Balaban J connectivity index is 1.57. The topological polar surface area (TPSA) is 121 Å². The molecule has 8 nitrogen and oxygen atoms in total. The second-order valence-electron chi connectivity index (χ2n) is 7.96. The standard InChI is InChI=1S/C26H22ClN3O5/c27-20-8-4-3-7-19(20)15-30-12-11-22(31)24(25(30)34)29-26(35)28-21(14-23(32)33)18-10-9-16-5-1-2-6-17(16)13-18/h1-13,21,31H,14-15H2,(H,32,33)(H2,28,29,35)/t21-/m0/s1. The van der Waals surface area contributed by atoms with Crippen LogP contribution in [0.4, 0.5) is 10.5 Å². The number of nitrogens with zero attached hydrogens (tertiary/aromatic N) is 1. The fourth-order valence-corrected chi connectivity index (χ4v) is 3.97. The Kier molecular flexibility index (Phi) is 7.03. The van der Waals surface area contributed by atoms with Crippen molar-refractivity contribution in [2.75, 3.05) is 5.32 Å². The van der Waals surface area contributed by atoms with E-state index >= 15 is 0 Å². The van der Waals surface area contributed by atoms with Crippen molar-refractivity contribution in [2.45, 2.75) is 19.0 Å². The number of halogens is 1. The van der Waals surface area contributed by atoms with E-state index in [4.69, 9.17) is 11.6 Å². The summed E-state index contributed by atoms with van der Waals surface area (Å²) in [5.41, 5.74) is 0.315. The first-order chi connectivity index (χ1) is 16.8. The molecule has 1 aromatic heterocycles. The van der Waals surface area contributed by atoms with Gasteiger partial charge >= 0.3 is 12.0 Å². The van der Waals surface area contributed by atoms with Crippen LogP contribution in [-0.2, 0) is 11.3 Å². The number of hydrogen-bond acceptors (Lipinski definition) is 4. The van der Waals surface area contributed by atoms with Gasteiger partial charge in [-0.25, -0.2) is 4.79 Å². The highest BCUT2D eigenvalue weighted by atomic mass is 35.5. The van der Waals surface area contributed by atoms with Crippen LogP contribution in [0.25, 0.3) is 10.8 Å². The summed E-state index contributed by atoms with van der Waals surface area (Å²) in [7, 11) is 0. The van der Waals surface area contributed by atoms with E-state index in [2.05, 4.69) is 10.6 Å². The molecule has 0 spiro atoms. The summed E-state index contributed by atoms with van der Waals surface area (Å²) in [5.74, 6) is -1.52. The van der Waals surface area contributed by atoms with Crippen molar-refractivity contribution < 1.29 is 19.8 Å². The maximum Gasteiger partial charge on any atom is 0.319 e. The van der Waals surface area contributed by atoms with Gasteiger partial charge in [0.1, 0.15) is 5.75 Å². The zero-order valence-electron chi connectivity index (χ0n) is 18.4. The first-order valence-electron chi connectivity index (χ1n) is 10.8. The number of carboxylic acid groups (broad SMARTS) is 1. The molecule has 4 N–H and O–H groups in total. The molecule has 9 heteroatoms. The molecule has 0 aliphatic heterocycles. The van der Waals surface area contributed by atoms with Crippen LogP contribution in [0.2, 0.25) is 5.02 Å². The van der Waals surface area contributed by atoms with E-state index in [0.29, 0.717) is 16.1 Å². The van der Waals surface area contributed by atoms with Gasteiger partial charge in [0.15, 0.2) is 5.69 Å².